The molecule has 0 aromatic rings. The van der Waals surface area contributed by atoms with Crippen LogP contribution in [0.25, 0.3) is 0 Å². The second kappa shape index (κ2) is 1.95. The molecule has 0 spiro atoms. The zero-order valence-corrected chi connectivity index (χ0v) is 6.34. The van der Waals surface area contributed by atoms with Gasteiger partial charge in [-0.05, 0) is 25.7 Å². The van der Waals surface area contributed by atoms with E-state index >= 15 is 0 Å². The minimum absolute atomic E-state index is 0.371. The summed E-state index contributed by atoms with van der Waals surface area (Å²) in [6.07, 6.45) is 3.63. The first-order valence-corrected chi connectivity index (χ1v) is 4.02. The number of hydrogen-bond donors (Lipinski definition) is 1. The molecule has 2 atom stereocenters. The van der Waals surface area contributed by atoms with Crippen LogP contribution in [-0.4, -0.2) is 23.4 Å². The van der Waals surface area contributed by atoms with Gasteiger partial charge in [0.15, 0.2) is 0 Å². The highest BCUT2D eigenvalue weighted by atomic mass is 16.6. The monoisotopic (exact) mass is 142 g/mol. The van der Waals surface area contributed by atoms with Gasteiger partial charge in [0.25, 0.3) is 0 Å². The van der Waals surface area contributed by atoms with E-state index in [1.807, 2.05) is 6.92 Å². The fourth-order valence-electron chi connectivity index (χ4n) is 1.52. The molecule has 0 bridgehead atoms. The van der Waals surface area contributed by atoms with Crippen molar-refractivity contribution in [1.82, 2.24) is 0 Å². The molecule has 10 heavy (non-hydrogen) atoms. The smallest absolute Gasteiger partial charge is 0.0837 e. The molecule has 1 saturated carbocycles. The van der Waals surface area contributed by atoms with E-state index < -0.39 is 5.60 Å². The molecule has 2 aliphatic rings. The Balaban J connectivity index is 1.85. The second-order valence-electron chi connectivity index (χ2n) is 3.79. The Kier molecular flexibility index (Phi) is 1.29. The molecule has 0 aromatic heterocycles. The molecule has 2 heteroatoms. The predicted molar refractivity (Wildman–Crippen MR) is 37.7 cm³/mol. The van der Waals surface area contributed by atoms with Gasteiger partial charge in [-0.3, -0.25) is 0 Å². The summed E-state index contributed by atoms with van der Waals surface area (Å²) in [4.78, 5) is 0. The third-order valence-electron chi connectivity index (χ3n) is 2.50. The predicted octanol–water partition coefficient (Wildman–Crippen LogP) is 0.936. The van der Waals surface area contributed by atoms with Crippen LogP contribution < -0.4 is 0 Å². The van der Waals surface area contributed by atoms with Crippen molar-refractivity contribution >= 4 is 0 Å². The van der Waals surface area contributed by atoms with Gasteiger partial charge in [-0.2, -0.15) is 0 Å². The van der Waals surface area contributed by atoms with Crippen LogP contribution in [0.5, 0.6) is 0 Å². The topological polar surface area (TPSA) is 32.8 Å². The molecule has 0 amide bonds. The zero-order chi connectivity index (χ0) is 7.19. The molecule has 1 heterocycles. The molecule has 1 aliphatic carbocycles. The highest BCUT2D eigenvalue weighted by Gasteiger charge is 2.43. The van der Waals surface area contributed by atoms with Crippen molar-refractivity contribution in [2.75, 3.05) is 6.61 Å². The first kappa shape index (κ1) is 6.62. The van der Waals surface area contributed by atoms with E-state index in [-0.39, 0.29) is 0 Å². The van der Waals surface area contributed by atoms with E-state index in [1.165, 1.54) is 12.8 Å². The summed E-state index contributed by atoms with van der Waals surface area (Å²) in [6, 6.07) is 0. The first-order valence-electron chi connectivity index (χ1n) is 4.02. The van der Waals surface area contributed by atoms with Crippen LogP contribution >= 0.6 is 0 Å². The van der Waals surface area contributed by atoms with Crippen LogP contribution in [0.3, 0.4) is 0 Å². The molecule has 58 valence electrons. The third-order valence-corrected chi connectivity index (χ3v) is 2.50. The Morgan fingerprint density at radius 2 is 2.20 bits per heavy atom. The summed E-state index contributed by atoms with van der Waals surface area (Å²) < 4.78 is 5.06. The largest absolute Gasteiger partial charge is 0.390 e. The van der Waals surface area contributed by atoms with Gasteiger partial charge in [-0.15, -0.1) is 0 Å². The van der Waals surface area contributed by atoms with Gasteiger partial charge in [0, 0.05) is 6.42 Å². The normalized spacial score (nSPS) is 37.2. The van der Waals surface area contributed by atoms with E-state index in [0.717, 1.165) is 13.0 Å². The minimum atomic E-state index is -0.429. The minimum Gasteiger partial charge on any atom is -0.390 e. The molecule has 2 nitrogen and oxygen atoms in total. The Labute approximate surface area is 61.2 Å². The van der Waals surface area contributed by atoms with Crippen LogP contribution in [0.15, 0.2) is 0 Å². The quantitative estimate of drug-likeness (QED) is 0.595. The van der Waals surface area contributed by atoms with Crippen LogP contribution in [0.2, 0.25) is 0 Å². The van der Waals surface area contributed by atoms with Crippen LogP contribution in [0.4, 0.5) is 0 Å². The summed E-state index contributed by atoms with van der Waals surface area (Å²) in [5.41, 5.74) is -0.429. The van der Waals surface area contributed by atoms with Crippen molar-refractivity contribution in [3.05, 3.63) is 0 Å². The van der Waals surface area contributed by atoms with Crippen LogP contribution in [-0.2, 0) is 4.74 Å². The highest BCUT2D eigenvalue weighted by Crippen LogP contribution is 2.43. The van der Waals surface area contributed by atoms with Crippen molar-refractivity contribution < 1.29 is 9.84 Å². The van der Waals surface area contributed by atoms with Crippen molar-refractivity contribution in [3.8, 4) is 0 Å². The van der Waals surface area contributed by atoms with Gasteiger partial charge >= 0.3 is 0 Å². The van der Waals surface area contributed by atoms with Crippen molar-refractivity contribution in [3.63, 3.8) is 0 Å². The Morgan fingerprint density at radius 1 is 1.60 bits per heavy atom. The van der Waals surface area contributed by atoms with Crippen molar-refractivity contribution in [2.45, 2.75) is 37.9 Å². The molecule has 0 aromatic carbocycles. The van der Waals surface area contributed by atoms with Gasteiger partial charge in [-0.25, -0.2) is 0 Å². The summed E-state index contributed by atoms with van der Waals surface area (Å²) in [6.45, 7) is 2.80. The standard InChI is InChI=1S/C8H14O2/c1-8(9,6-2-3-6)4-7-5-10-7/h6-7,9H,2-5H2,1H3/t7-,8+/m1/s1. The molecule has 0 radical (unpaired) electrons. The lowest BCUT2D eigenvalue weighted by Gasteiger charge is -2.21. The summed E-state index contributed by atoms with van der Waals surface area (Å²) in [5, 5.41) is 9.78. The second-order valence-corrected chi connectivity index (χ2v) is 3.79. The van der Waals surface area contributed by atoms with E-state index in [1.54, 1.807) is 0 Å². The molecule has 2 rings (SSSR count). The molecular formula is C8H14O2. The maximum atomic E-state index is 9.78. The third kappa shape index (κ3) is 1.32. The summed E-state index contributed by atoms with van der Waals surface area (Å²) in [7, 11) is 0. The number of epoxide rings is 1. The fraction of sp³-hybridized carbons (Fsp3) is 1.00. The van der Waals surface area contributed by atoms with Crippen LogP contribution in [0.1, 0.15) is 26.2 Å². The van der Waals surface area contributed by atoms with Gasteiger partial charge in [-0.1, -0.05) is 0 Å². The molecule has 2 fully saturated rings. The van der Waals surface area contributed by atoms with E-state index in [9.17, 15) is 5.11 Å². The van der Waals surface area contributed by atoms with Gasteiger partial charge in [0.1, 0.15) is 0 Å². The van der Waals surface area contributed by atoms with E-state index in [0.29, 0.717) is 12.0 Å². The lowest BCUT2D eigenvalue weighted by molar-refractivity contribution is 0.0210. The zero-order valence-electron chi connectivity index (χ0n) is 6.34. The maximum Gasteiger partial charge on any atom is 0.0837 e. The van der Waals surface area contributed by atoms with E-state index in [2.05, 4.69) is 0 Å². The fourth-order valence-corrected chi connectivity index (χ4v) is 1.52. The Hall–Kier alpha value is -0.0800. The number of ether oxygens (including phenoxy) is 1. The first-order chi connectivity index (χ1) is 4.68. The van der Waals surface area contributed by atoms with Crippen LogP contribution in [0, 0.1) is 5.92 Å². The Bertz CT molecular complexity index is 134. The van der Waals surface area contributed by atoms with Gasteiger partial charge in [0.2, 0.25) is 0 Å². The summed E-state index contributed by atoms with van der Waals surface area (Å²) in [5.74, 6) is 0.566. The molecular weight excluding hydrogens is 128 g/mol. The molecule has 1 aliphatic heterocycles. The molecule has 1 saturated heterocycles. The average molecular weight is 142 g/mol. The number of aliphatic hydroxyl groups is 1. The maximum absolute atomic E-state index is 9.78. The highest BCUT2D eigenvalue weighted by molar-refractivity contribution is 4.94. The van der Waals surface area contributed by atoms with Gasteiger partial charge < -0.3 is 9.84 Å². The average Bonchev–Trinajstić information content (AvgIpc) is 2.58. The summed E-state index contributed by atoms with van der Waals surface area (Å²) >= 11 is 0. The number of rotatable bonds is 3. The van der Waals surface area contributed by atoms with Crippen molar-refractivity contribution in [1.29, 1.82) is 0 Å². The lowest BCUT2D eigenvalue weighted by atomic mass is 9.95. The molecule has 0 unspecified atom stereocenters. The Morgan fingerprint density at radius 3 is 2.60 bits per heavy atom. The number of hydrogen-bond acceptors (Lipinski definition) is 2. The lowest BCUT2D eigenvalue weighted by Crippen LogP contribution is -2.28. The van der Waals surface area contributed by atoms with E-state index in [4.69, 9.17) is 4.74 Å². The molecule has 1 N–H and O–H groups in total. The van der Waals surface area contributed by atoms with Crippen molar-refractivity contribution in [2.24, 2.45) is 5.92 Å². The van der Waals surface area contributed by atoms with Gasteiger partial charge in [0.05, 0.1) is 18.3 Å². The SMILES string of the molecule is C[C@](O)(C[C@@H]1CO1)C1CC1.